The maximum Gasteiger partial charge on any atom is 0.148 e. The zero-order valence-corrected chi connectivity index (χ0v) is 15.4. The van der Waals surface area contributed by atoms with Gasteiger partial charge in [-0.1, -0.05) is 24.3 Å². The lowest BCUT2D eigenvalue weighted by Gasteiger charge is -2.43. The third-order valence-electron chi connectivity index (χ3n) is 4.32. The van der Waals surface area contributed by atoms with Crippen LogP contribution in [0.1, 0.15) is 12.8 Å². The van der Waals surface area contributed by atoms with Gasteiger partial charge in [0, 0.05) is 13.1 Å². The van der Waals surface area contributed by atoms with E-state index in [4.69, 9.17) is 0 Å². The Morgan fingerprint density at radius 3 is 2.31 bits per heavy atom. The number of hydrogen-bond donors (Lipinski definition) is 4. The summed E-state index contributed by atoms with van der Waals surface area (Å²) in [6.45, 7) is 0.819. The Hall–Kier alpha value is -1.84. The molecule has 1 aliphatic heterocycles. The highest BCUT2D eigenvalue weighted by Gasteiger charge is 2.42. The number of para-hydroxylation sites is 3. The van der Waals surface area contributed by atoms with E-state index in [1.165, 1.54) is 20.7 Å². The van der Waals surface area contributed by atoms with Crippen molar-refractivity contribution in [2.75, 3.05) is 28.7 Å². The Morgan fingerprint density at radius 1 is 1.04 bits per heavy atom. The number of nitrogens with one attached hydrogen (secondary N) is 1. The van der Waals surface area contributed by atoms with Crippen LogP contribution in [-0.2, 0) is 0 Å². The van der Waals surface area contributed by atoms with Crippen LogP contribution in [0.3, 0.4) is 0 Å². The number of hydrogen-bond acceptors (Lipinski definition) is 6. The molecule has 0 fully saturated rings. The van der Waals surface area contributed by atoms with Gasteiger partial charge in [-0.2, -0.15) is 0 Å². The van der Waals surface area contributed by atoms with Crippen molar-refractivity contribution < 1.29 is 18.6 Å². The van der Waals surface area contributed by atoms with Crippen LogP contribution in [0.2, 0.25) is 0 Å². The Balaban J connectivity index is 1.89. The highest BCUT2D eigenvalue weighted by Crippen LogP contribution is 2.64. The third-order valence-corrected chi connectivity index (χ3v) is 6.17. The Morgan fingerprint density at radius 2 is 1.65 bits per heavy atom. The smallest absolute Gasteiger partial charge is 0.148 e. The summed E-state index contributed by atoms with van der Waals surface area (Å²) >= 11 is 0. The van der Waals surface area contributed by atoms with Crippen molar-refractivity contribution in [3.63, 3.8) is 0 Å². The van der Waals surface area contributed by atoms with Crippen LogP contribution in [0.15, 0.2) is 48.5 Å². The molecule has 0 saturated heterocycles. The first-order chi connectivity index (χ1) is 12.5. The second kappa shape index (κ2) is 7.81. The standard InChI is InChI=1S/C18H24FN3O3S/c1-20-13-14(23)7-6-12-21-17-10-4-5-11-18(17)22(26(21,24)25)16-9-3-2-8-15(16)19/h2-5,8-11,14,20,23-25H,6-7,12-13H2,1H3. The summed E-state index contributed by atoms with van der Waals surface area (Å²) in [5.74, 6) is -0.520. The zero-order chi connectivity index (χ0) is 18.7. The molecule has 3 rings (SSSR count). The predicted octanol–water partition coefficient (Wildman–Crippen LogP) is 3.72. The second-order valence-electron chi connectivity index (χ2n) is 6.18. The van der Waals surface area contributed by atoms with Crippen molar-refractivity contribution in [3.05, 3.63) is 54.3 Å². The predicted molar refractivity (Wildman–Crippen MR) is 104 cm³/mol. The molecule has 2 aromatic rings. The lowest BCUT2D eigenvalue weighted by Crippen LogP contribution is -2.33. The number of fused-ring (bicyclic) bond motifs is 1. The number of benzene rings is 2. The van der Waals surface area contributed by atoms with Crippen molar-refractivity contribution in [1.82, 2.24) is 5.32 Å². The summed E-state index contributed by atoms with van der Waals surface area (Å²) in [6.07, 6.45) is 0.592. The summed E-state index contributed by atoms with van der Waals surface area (Å²) in [5, 5.41) is 12.8. The van der Waals surface area contributed by atoms with E-state index in [1.807, 2.05) is 6.07 Å². The van der Waals surface area contributed by atoms with Crippen LogP contribution >= 0.6 is 11.0 Å². The van der Waals surface area contributed by atoms with E-state index in [2.05, 4.69) is 5.32 Å². The molecule has 26 heavy (non-hydrogen) atoms. The second-order valence-corrected chi connectivity index (χ2v) is 7.97. The summed E-state index contributed by atoms with van der Waals surface area (Å²) in [4.78, 5) is 0. The fourth-order valence-corrected chi connectivity index (χ4v) is 4.96. The van der Waals surface area contributed by atoms with Gasteiger partial charge >= 0.3 is 0 Å². The average molecular weight is 381 g/mol. The van der Waals surface area contributed by atoms with Gasteiger partial charge in [0.15, 0.2) is 0 Å². The lowest BCUT2D eigenvalue weighted by atomic mass is 10.2. The van der Waals surface area contributed by atoms with E-state index >= 15 is 0 Å². The minimum absolute atomic E-state index is 0.123. The molecule has 142 valence electrons. The normalized spacial score (nSPS) is 17.9. The van der Waals surface area contributed by atoms with Gasteiger partial charge in [-0.05, 0) is 55.1 Å². The molecule has 1 atom stereocenters. The van der Waals surface area contributed by atoms with E-state index in [0.29, 0.717) is 37.3 Å². The Bertz CT molecular complexity index is 762. The molecular formula is C18H24FN3O3S. The molecule has 1 unspecified atom stereocenters. The van der Waals surface area contributed by atoms with Gasteiger partial charge in [-0.25, -0.2) is 8.70 Å². The summed E-state index contributed by atoms with van der Waals surface area (Å²) in [6, 6.07) is 13.2. The van der Waals surface area contributed by atoms with E-state index in [0.717, 1.165) is 0 Å². The molecule has 1 heterocycles. The molecule has 1 aliphatic rings. The SMILES string of the molecule is CNCC(O)CCCN1c2ccccc2N(c2ccccc2F)S1(O)O. The molecule has 4 N–H and O–H groups in total. The topological polar surface area (TPSA) is 79.2 Å². The fourth-order valence-electron chi connectivity index (χ4n) is 3.14. The van der Waals surface area contributed by atoms with E-state index in [9.17, 15) is 18.6 Å². The molecular weight excluding hydrogens is 357 g/mol. The minimum Gasteiger partial charge on any atom is -0.392 e. The number of halogens is 1. The van der Waals surface area contributed by atoms with Crippen molar-refractivity contribution in [2.45, 2.75) is 18.9 Å². The van der Waals surface area contributed by atoms with E-state index < -0.39 is 22.9 Å². The van der Waals surface area contributed by atoms with Gasteiger partial charge in [-0.3, -0.25) is 13.4 Å². The summed E-state index contributed by atoms with van der Waals surface area (Å²) < 4.78 is 39.0. The molecule has 0 aromatic heterocycles. The average Bonchev–Trinajstić information content (AvgIpc) is 2.83. The van der Waals surface area contributed by atoms with Crippen LogP contribution in [0.25, 0.3) is 0 Å². The Kier molecular flexibility index (Phi) is 5.69. The molecule has 0 aliphatic carbocycles. The van der Waals surface area contributed by atoms with Gasteiger partial charge in [-0.15, -0.1) is 0 Å². The van der Waals surface area contributed by atoms with Crippen LogP contribution in [0.5, 0.6) is 0 Å². The highest BCUT2D eigenvalue weighted by atomic mass is 32.3. The molecule has 0 spiro atoms. The first-order valence-electron chi connectivity index (χ1n) is 8.49. The third kappa shape index (κ3) is 3.51. The number of rotatable bonds is 7. The molecule has 0 amide bonds. The number of aliphatic hydroxyl groups is 1. The van der Waals surface area contributed by atoms with Gasteiger partial charge < -0.3 is 10.4 Å². The van der Waals surface area contributed by atoms with E-state index in [1.54, 1.807) is 37.4 Å². The van der Waals surface area contributed by atoms with Crippen molar-refractivity contribution in [3.8, 4) is 0 Å². The highest BCUT2D eigenvalue weighted by molar-refractivity contribution is 8.27. The number of likely N-dealkylation sites (N-methyl/N-ethyl adjacent to an activating group) is 1. The molecule has 8 heteroatoms. The maximum absolute atomic E-state index is 14.3. The first kappa shape index (κ1) is 18.9. The van der Waals surface area contributed by atoms with Crippen molar-refractivity contribution in [1.29, 1.82) is 0 Å². The van der Waals surface area contributed by atoms with Gasteiger partial charge in [0.2, 0.25) is 0 Å². The molecule has 2 aromatic carbocycles. The van der Waals surface area contributed by atoms with Crippen LogP contribution in [-0.4, -0.2) is 40.5 Å². The van der Waals surface area contributed by atoms with Crippen molar-refractivity contribution >= 4 is 28.0 Å². The molecule has 6 nitrogen and oxygen atoms in total. The number of aliphatic hydroxyl groups excluding tert-OH is 1. The van der Waals surface area contributed by atoms with Crippen LogP contribution < -0.4 is 13.9 Å². The largest absolute Gasteiger partial charge is 0.392 e. The number of nitrogens with zero attached hydrogens (tertiary/aromatic N) is 2. The zero-order valence-electron chi connectivity index (χ0n) is 14.5. The summed E-state index contributed by atoms with van der Waals surface area (Å²) in [5.41, 5.74) is 1.31. The fraction of sp³-hybridized carbons (Fsp3) is 0.333. The summed E-state index contributed by atoms with van der Waals surface area (Å²) in [7, 11) is -1.68. The molecule has 0 bridgehead atoms. The minimum atomic E-state index is -3.44. The monoisotopic (exact) mass is 381 g/mol. The van der Waals surface area contributed by atoms with Crippen molar-refractivity contribution in [2.24, 2.45) is 0 Å². The van der Waals surface area contributed by atoms with Gasteiger partial charge in [0.1, 0.15) is 11.5 Å². The molecule has 0 saturated carbocycles. The van der Waals surface area contributed by atoms with Crippen LogP contribution in [0, 0.1) is 5.82 Å². The quantitative estimate of drug-likeness (QED) is 0.585. The number of anilines is 3. The molecule has 0 radical (unpaired) electrons. The van der Waals surface area contributed by atoms with Gasteiger partial charge in [0.25, 0.3) is 0 Å². The first-order valence-corrected chi connectivity index (χ1v) is 9.95. The van der Waals surface area contributed by atoms with Crippen LogP contribution in [0.4, 0.5) is 21.5 Å². The lowest BCUT2D eigenvalue weighted by molar-refractivity contribution is 0.162. The van der Waals surface area contributed by atoms with E-state index in [-0.39, 0.29) is 5.69 Å². The maximum atomic E-state index is 14.3. The van der Waals surface area contributed by atoms with Gasteiger partial charge in [0.05, 0.1) is 17.5 Å². The Labute approximate surface area is 154 Å².